The van der Waals surface area contributed by atoms with Crippen molar-refractivity contribution in [2.24, 2.45) is 5.41 Å². The molecule has 0 saturated carbocycles. The van der Waals surface area contributed by atoms with Gasteiger partial charge in [-0.05, 0) is 6.42 Å². The zero-order chi connectivity index (χ0) is 12.3. The zero-order valence-electron chi connectivity index (χ0n) is 9.02. The summed E-state index contributed by atoms with van der Waals surface area (Å²) < 4.78 is 0. The Balaban J connectivity index is 0. The van der Waals surface area contributed by atoms with Crippen LogP contribution in [0.4, 0.5) is 0 Å². The van der Waals surface area contributed by atoms with E-state index < -0.39 is 11.4 Å². The zero-order valence-corrected chi connectivity index (χ0v) is 9.02. The van der Waals surface area contributed by atoms with Crippen LogP contribution in [-0.4, -0.2) is 46.2 Å². The monoisotopic (exact) mass is 220 g/mol. The van der Waals surface area contributed by atoms with Gasteiger partial charge in [0.25, 0.3) is 0 Å². The fourth-order valence-corrected chi connectivity index (χ4v) is 0.918. The van der Waals surface area contributed by atoms with Gasteiger partial charge in [-0.3, -0.25) is 0 Å². The lowest BCUT2D eigenvalue weighted by Crippen LogP contribution is -2.33. The van der Waals surface area contributed by atoms with Crippen molar-refractivity contribution in [1.82, 2.24) is 0 Å². The van der Waals surface area contributed by atoms with Crippen molar-refractivity contribution in [3.05, 3.63) is 12.7 Å². The molecule has 5 nitrogen and oxygen atoms in total. The van der Waals surface area contributed by atoms with Gasteiger partial charge in [0.15, 0.2) is 0 Å². The molecule has 0 aliphatic carbocycles. The molecular weight excluding hydrogens is 200 g/mol. The number of carbonyl (C=O) groups is 1. The minimum absolute atomic E-state index is 0.145. The molecule has 0 aromatic rings. The molecule has 0 aromatic carbocycles. The summed E-state index contributed by atoms with van der Waals surface area (Å²) >= 11 is 0. The van der Waals surface area contributed by atoms with Crippen LogP contribution < -0.4 is 0 Å². The Morgan fingerprint density at radius 1 is 1.27 bits per heavy atom. The highest BCUT2D eigenvalue weighted by Crippen LogP contribution is 2.21. The van der Waals surface area contributed by atoms with Gasteiger partial charge in [0.2, 0.25) is 0 Å². The van der Waals surface area contributed by atoms with Gasteiger partial charge < -0.3 is 20.4 Å². The second kappa shape index (κ2) is 9.64. The molecule has 90 valence electrons. The van der Waals surface area contributed by atoms with E-state index in [0.29, 0.717) is 6.42 Å². The molecule has 0 aliphatic rings. The van der Waals surface area contributed by atoms with Crippen LogP contribution in [0, 0.1) is 5.41 Å². The predicted molar refractivity (Wildman–Crippen MR) is 56.4 cm³/mol. The quantitative estimate of drug-likeness (QED) is 0.473. The first-order valence-electron chi connectivity index (χ1n) is 4.69. The standard InChI is InChI=1S/C7H16O3.C3H4O2/c1-2-3-7(4-8,5-9)6-10;1-2-3(4)5/h8-10H,2-6H2,1H3;2H,1H2,(H,4,5). The minimum atomic E-state index is -0.981. The van der Waals surface area contributed by atoms with Crippen molar-refractivity contribution in [3.63, 3.8) is 0 Å². The van der Waals surface area contributed by atoms with Crippen molar-refractivity contribution in [1.29, 1.82) is 0 Å². The van der Waals surface area contributed by atoms with Gasteiger partial charge in [-0.2, -0.15) is 0 Å². The third-order valence-corrected chi connectivity index (χ3v) is 1.96. The summed E-state index contributed by atoms with van der Waals surface area (Å²) in [6, 6.07) is 0. The van der Waals surface area contributed by atoms with Gasteiger partial charge in [0.05, 0.1) is 19.8 Å². The van der Waals surface area contributed by atoms with Gasteiger partial charge in [-0.15, -0.1) is 0 Å². The van der Waals surface area contributed by atoms with E-state index in [1.807, 2.05) is 6.92 Å². The highest BCUT2D eigenvalue weighted by Gasteiger charge is 2.26. The first kappa shape index (κ1) is 16.5. The van der Waals surface area contributed by atoms with Gasteiger partial charge >= 0.3 is 5.97 Å². The van der Waals surface area contributed by atoms with E-state index in [1.165, 1.54) is 0 Å². The number of carboxylic acid groups (broad SMARTS) is 1. The second-order valence-corrected chi connectivity index (χ2v) is 3.27. The average molecular weight is 220 g/mol. The Morgan fingerprint density at radius 2 is 1.60 bits per heavy atom. The van der Waals surface area contributed by atoms with Crippen LogP contribution in [0.5, 0.6) is 0 Å². The molecule has 0 radical (unpaired) electrons. The lowest BCUT2D eigenvalue weighted by atomic mass is 9.86. The van der Waals surface area contributed by atoms with Gasteiger partial charge in [0.1, 0.15) is 0 Å². The molecule has 0 unspecified atom stereocenters. The Morgan fingerprint density at radius 3 is 1.67 bits per heavy atom. The third-order valence-electron chi connectivity index (χ3n) is 1.96. The smallest absolute Gasteiger partial charge is 0.327 e. The predicted octanol–water partition coefficient (Wildman–Crippen LogP) is 0.00680. The summed E-state index contributed by atoms with van der Waals surface area (Å²) in [6.07, 6.45) is 2.36. The summed E-state index contributed by atoms with van der Waals surface area (Å²) in [4.78, 5) is 9.25. The minimum Gasteiger partial charge on any atom is -0.478 e. The molecule has 0 heterocycles. The molecule has 4 N–H and O–H groups in total. The lowest BCUT2D eigenvalue weighted by molar-refractivity contribution is -0.131. The average Bonchev–Trinajstić information content (AvgIpc) is 2.27. The third kappa shape index (κ3) is 8.11. The van der Waals surface area contributed by atoms with Crippen LogP contribution in [0.3, 0.4) is 0 Å². The molecule has 0 spiro atoms. The van der Waals surface area contributed by atoms with Crippen molar-refractivity contribution < 1.29 is 25.2 Å². The molecular formula is C10H20O5. The Labute approximate surface area is 89.7 Å². The number of carboxylic acids is 1. The molecule has 0 fully saturated rings. The van der Waals surface area contributed by atoms with Crippen LogP contribution in [0.2, 0.25) is 0 Å². The highest BCUT2D eigenvalue weighted by molar-refractivity contribution is 5.78. The molecule has 0 rings (SSSR count). The summed E-state index contributed by atoms with van der Waals surface area (Å²) in [6.45, 7) is 4.48. The van der Waals surface area contributed by atoms with E-state index in [4.69, 9.17) is 20.4 Å². The van der Waals surface area contributed by atoms with Crippen LogP contribution in [0.25, 0.3) is 0 Å². The largest absolute Gasteiger partial charge is 0.478 e. The molecule has 0 saturated heterocycles. The molecule has 0 amide bonds. The molecule has 0 atom stereocenters. The van der Waals surface area contributed by atoms with E-state index >= 15 is 0 Å². The Hall–Kier alpha value is -0.910. The van der Waals surface area contributed by atoms with Gasteiger partial charge in [-0.1, -0.05) is 19.9 Å². The van der Waals surface area contributed by atoms with Crippen LogP contribution in [0.15, 0.2) is 12.7 Å². The topological polar surface area (TPSA) is 98.0 Å². The Bertz CT molecular complexity index is 166. The van der Waals surface area contributed by atoms with E-state index in [1.54, 1.807) is 0 Å². The second-order valence-electron chi connectivity index (χ2n) is 3.27. The maximum Gasteiger partial charge on any atom is 0.327 e. The SMILES string of the molecule is C=CC(=O)O.CCCC(CO)(CO)CO. The number of aliphatic carboxylic acids is 1. The fourth-order valence-electron chi connectivity index (χ4n) is 0.918. The molecule has 5 heteroatoms. The summed E-state index contributed by atoms with van der Waals surface area (Å²) in [5, 5.41) is 34.0. The van der Waals surface area contributed by atoms with Gasteiger partial charge in [0, 0.05) is 11.5 Å². The van der Waals surface area contributed by atoms with E-state index in [0.717, 1.165) is 12.5 Å². The maximum atomic E-state index is 9.25. The van der Waals surface area contributed by atoms with Crippen LogP contribution in [0.1, 0.15) is 19.8 Å². The van der Waals surface area contributed by atoms with E-state index in [-0.39, 0.29) is 19.8 Å². The molecule has 15 heavy (non-hydrogen) atoms. The molecule has 0 aromatic heterocycles. The number of aliphatic hydroxyl groups excluding tert-OH is 3. The van der Waals surface area contributed by atoms with Crippen LogP contribution in [-0.2, 0) is 4.79 Å². The number of hydrogen-bond donors (Lipinski definition) is 4. The van der Waals surface area contributed by atoms with Crippen molar-refractivity contribution in [2.45, 2.75) is 19.8 Å². The summed E-state index contributed by atoms with van der Waals surface area (Å²) in [5.74, 6) is -0.981. The summed E-state index contributed by atoms with van der Waals surface area (Å²) in [5.41, 5.74) is -0.658. The van der Waals surface area contributed by atoms with Crippen LogP contribution >= 0.6 is 0 Å². The Kier molecular flexibility index (Phi) is 10.6. The highest BCUT2D eigenvalue weighted by atomic mass is 16.4. The lowest BCUT2D eigenvalue weighted by Gasteiger charge is -2.26. The maximum absolute atomic E-state index is 9.25. The first-order valence-corrected chi connectivity index (χ1v) is 4.69. The van der Waals surface area contributed by atoms with E-state index in [2.05, 4.69) is 6.58 Å². The molecule has 0 bridgehead atoms. The fraction of sp³-hybridized carbons (Fsp3) is 0.700. The van der Waals surface area contributed by atoms with Crippen molar-refractivity contribution in [2.75, 3.05) is 19.8 Å². The molecule has 0 aliphatic heterocycles. The van der Waals surface area contributed by atoms with Crippen molar-refractivity contribution >= 4 is 5.97 Å². The van der Waals surface area contributed by atoms with E-state index in [9.17, 15) is 4.79 Å². The number of hydrogen-bond acceptors (Lipinski definition) is 4. The normalized spacial score (nSPS) is 10.1. The number of aliphatic hydroxyl groups is 3. The number of rotatable bonds is 6. The van der Waals surface area contributed by atoms with Crippen molar-refractivity contribution in [3.8, 4) is 0 Å². The first-order chi connectivity index (χ1) is 7.01. The summed E-state index contributed by atoms with van der Waals surface area (Å²) in [7, 11) is 0. The van der Waals surface area contributed by atoms with Gasteiger partial charge in [-0.25, -0.2) is 4.79 Å².